The van der Waals surface area contributed by atoms with Crippen molar-refractivity contribution in [3.05, 3.63) is 98.6 Å². The molecule has 0 bridgehead atoms. The normalized spacial score (nSPS) is 13.4. The molecule has 0 atom stereocenters. The zero-order chi connectivity index (χ0) is 25.8. The van der Waals surface area contributed by atoms with E-state index in [4.69, 9.17) is 34.8 Å². The van der Waals surface area contributed by atoms with Gasteiger partial charge in [0.1, 0.15) is 10.7 Å². The van der Waals surface area contributed by atoms with Crippen molar-refractivity contribution in [3.63, 3.8) is 0 Å². The number of aryl methyl sites for hydroxylation is 1. The third kappa shape index (κ3) is 5.73. The van der Waals surface area contributed by atoms with Gasteiger partial charge in [0.2, 0.25) is 0 Å². The minimum absolute atomic E-state index is 0.0593. The van der Waals surface area contributed by atoms with Crippen LogP contribution < -0.4 is 15.5 Å². The molecule has 0 aromatic heterocycles. The monoisotopic (exact) mass is 541 g/mol. The molecule has 184 valence electrons. The van der Waals surface area contributed by atoms with Crippen LogP contribution in [0.4, 0.5) is 17.1 Å². The predicted molar refractivity (Wildman–Crippen MR) is 145 cm³/mol. The lowest BCUT2D eigenvalue weighted by Gasteiger charge is -2.16. The summed E-state index contributed by atoms with van der Waals surface area (Å²) in [7, 11) is 0. The van der Waals surface area contributed by atoms with Crippen LogP contribution in [0.1, 0.15) is 35.7 Å². The zero-order valence-corrected chi connectivity index (χ0v) is 21.5. The van der Waals surface area contributed by atoms with Gasteiger partial charge < -0.3 is 10.6 Å². The van der Waals surface area contributed by atoms with Gasteiger partial charge >= 0.3 is 0 Å². The van der Waals surface area contributed by atoms with Crippen LogP contribution in [0.3, 0.4) is 0 Å². The Balaban J connectivity index is 1.50. The predicted octanol–water partition coefficient (Wildman–Crippen LogP) is 7.02. The molecule has 0 aliphatic carbocycles. The number of rotatable bonds is 8. The summed E-state index contributed by atoms with van der Waals surface area (Å²) in [4.78, 5) is 39.7. The molecule has 0 unspecified atom stereocenters. The molecule has 1 aliphatic heterocycles. The Morgan fingerprint density at radius 2 is 1.56 bits per heavy atom. The highest BCUT2D eigenvalue weighted by atomic mass is 35.5. The molecule has 6 nitrogen and oxygen atoms in total. The maximum Gasteiger partial charge on any atom is 0.283 e. The summed E-state index contributed by atoms with van der Waals surface area (Å²) in [5, 5.41) is 6.18. The summed E-state index contributed by atoms with van der Waals surface area (Å²) < 4.78 is 0. The Hall–Kier alpha value is -3.32. The van der Waals surface area contributed by atoms with Gasteiger partial charge in [0.15, 0.2) is 0 Å². The lowest BCUT2D eigenvalue weighted by molar-refractivity contribution is -0.120. The Kier molecular flexibility index (Phi) is 7.99. The highest BCUT2D eigenvalue weighted by Gasteiger charge is 2.39. The van der Waals surface area contributed by atoms with E-state index in [-0.39, 0.29) is 10.7 Å². The number of amides is 3. The minimum Gasteiger partial charge on any atom is -0.350 e. The molecule has 0 saturated carbocycles. The number of nitrogens with one attached hydrogen (secondary N) is 2. The van der Waals surface area contributed by atoms with E-state index in [1.807, 2.05) is 12.1 Å². The van der Waals surface area contributed by atoms with E-state index in [0.717, 1.165) is 29.7 Å². The quantitative estimate of drug-likeness (QED) is 0.300. The van der Waals surface area contributed by atoms with Crippen LogP contribution in [0.15, 0.2) is 77.5 Å². The third-order valence-corrected chi connectivity index (χ3v) is 6.34. The largest absolute Gasteiger partial charge is 0.350 e. The number of imide groups is 1. The second-order valence-electron chi connectivity index (χ2n) is 8.22. The maximum absolute atomic E-state index is 13.1. The molecule has 0 saturated heterocycles. The van der Waals surface area contributed by atoms with E-state index < -0.39 is 17.7 Å². The molecular formula is C27H22Cl3N3O3. The number of halogens is 3. The lowest BCUT2D eigenvalue weighted by atomic mass is 10.1. The molecule has 36 heavy (non-hydrogen) atoms. The van der Waals surface area contributed by atoms with E-state index in [1.165, 1.54) is 0 Å². The molecule has 9 heteroatoms. The van der Waals surface area contributed by atoms with Crippen LogP contribution in [-0.4, -0.2) is 17.7 Å². The van der Waals surface area contributed by atoms with E-state index >= 15 is 0 Å². The molecule has 0 fully saturated rings. The van der Waals surface area contributed by atoms with Gasteiger partial charge in [-0.15, -0.1) is 0 Å². The van der Waals surface area contributed by atoms with Crippen molar-refractivity contribution < 1.29 is 14.4 Å². The van der Waals surface area contributed by atoms with Crippen molar-refractivity contribution in [2.45, 2.75) is 26.2 Å². The fourth-order valence-electron chi connectivity index (χ4n) is 3.75. The molecule has 3 amide bonds. The number of anilines is 3. The first-order valence-corrected chi connectivity index (χ1v) is 12.4. The van der Waals surface area contributed by atoms with Crippen molar-refractivity contribution >= 4 is 69.6 Å². The first-order chi connectivity index (χ1) is 17.3. The van der Waals surface area contributed by atoms with Gasteiger partial charge in [-0.2, -0.15) is 0 Å². The van der Waals surface area contributed by atoms with Gasteiger partial charge in [-0.3, -0.25) is 14.4 Å². The molecule has 2 N–H and O–H groups in total. The van der Waals surface area contributed by atoms with Crippen LogP contribution in [0, 0.1) is 0 Å². The van der Waals surface area contributed by atoms with Crippen LogP contribution in [0.2, 0.25) is 10.0 Å². The second-order valence-corrected chi connectivity index (χ2v) is 9.47. The van der Waals surface area contributed by atoms with Crippen LogP contribution in [0.25, 0.3) is 0 Å². The molecule has 0 radical (unpaired) electrons. The van der Waals surface area contributed by atoms with Gasteiger partial charge in [0, 0.05) is 27.0 Å². The summed E-state index contributed by atoms with van der Waals surface area (Å²) >= 11 is 18.3. The summed E-state index contributed by atoms with van der Waals surface area (Å²) in [6, 6.07) is 18.4. The second kappa shape index (κ2) is 11.2. The number of hydrogen-bond acceptors (Lipinski definition) is 4. The maximum atomic E-state index is 13.1. The number of nitrogens with zero attached hydrogens (tertiary/aromatic N) is 1. The number of hydrogen-bond donors (Lipinski definition) is 2. The van der Waals surface area contributed by atoms with E-state index in [2.05, 4.69) is 17.6 Å². The topological polar surface area (TPSA) is 78.5 Å². The summed E-state index contributed by atoms with van der Waals surface area (Å²) in [6.07, 6.45) is 3.07. The molecular weight excluding hydrogens is 521 g/mol. The van der Waals surface area contributed by atoms with Gasteiger partial charge in [0.25, 0.3) is 17.7 Å². The average Bonchev–Trinajstić information content (AvgIpc) is 3.05. The van der Waals surface area contributed by atoms with Crippen molar-refractivity contribution in [1.29, 1.82) is 0 Å². The number of benzene rings is 3. The van der Waals surface area contributed by atoms with E-state index in [9.17, 15) is 14.4 Å². The first kappa shape index (κ1) is 25.8. The number of carbonyl (C=O) groups excluding carboxylic acids is 3. The number of carbonyl (C=O) groups is 3. The Labute approximate surface area is 223 Å². The fraction of sp³-hybridized carbons (Fsp3) is 0.148. The van der Waals surface area contributed by atoms with Crippen LogP contribution in [0.5, 0.6) is 0 Å². The highest BCUT2D eigenvalue weighted by molar-refractivity contribution is 6.53. The van der Waals surface area contributed by atoms with Crippen molar-refractivity contribution in [2.75, 3.05) is 15.5 Å². The van der Waals surface area contributed by atoms with Crippen LogP contribution in [-0.2, 0) is 16.0 Å². The van der Waals surface area contributed by atoms with Crippen molar-refractivity contribution in [2.24, 2.45) is 0 Å². The molecule has 0 spiro atoms. The van der Waals surface area contributed by atoms with Crippen molar-refractivity contribution in [3.8, 4) is 0 Å². The van der Waals surface area contributed by atoms with Crippen molar-refractivity contribution in [1.82, 2.24) is 0 Å². The number of unbranched alkanes of at least 4 members (excludes halogenated alkanes) is 1. The molecule has 1 aliphatic rings. The SMILES string of the molecule is CCCCc1ccc(N2C(=O)C(Cl)=C(Nc3cccc(C(=O)Nc4cc(Cl)cc(Cl)c4)c3)C2=O)cc1. The average molecular weight is 543 g/mol. The van der Waals surface area contributed by atoms with Gasteiger partial charge in [-0.05, 0) is 66.9 Å². The summed E-state index contributed by atoms with van der Waals surface area (Å²) in [6.45, 7) is 2.12. The molecule has 4 rings (SSSR count). The Morgan fingerprint density at radius 3 is 2.22 bits per heavy atom. The van der Waals surface area contributed by atoms with Crippen LogP contribution >= 0.6 is 34.8 Å². The zero-order valence-electron chi connectivity index (χ0n) is 19.3. The van der Waals surface area contributed by atoms with Gasteiger partial charge in [-0.25, -0.2) is 4.90 Å². The Morgan fingerprint density at radius 1 is 0.861 bits per heavy atom. The minimum atomic E-state index is -0.614. The van der Waals surface area contributed by atoms with Gasteiger partial charge in [-0.1, -0.05) is 66.3 Å². The van der Waals surface area contributed by atoms with E-state index in [1.54, 1.807) is 54.6 Å². The standard InChI is InChI=1S/C27H22Cl3N3O3/c1-2-3-5-16-8-10-22(11-9-16)33-26(35)23(30)24(27(33)36)31-20-7-4-6-17(12-20)25(34)32-21-14-18(28)13-19(29)15-21/h4,6-15,31H,2-3,5H2,1H3,(H,32,34). The van der Waals surface area contributed by atoms with Gasteiger partial charge in [0.05, 0.1) is 5.69 Å². The molecule has 1 heterocycles. The molecule has 3 aromatic carbocycles. The summed E-state index contributed by atoms with van der Waals surface area (Å²) in [5.74, 6) is -1.59. The lowest BCUT2D eigenvalue weighted by Crippen LogP contribution is -2.32. The summed E-state index contributed by atoms with van der Waals surface area (Å²) in [5.41, 5.74) is 2.67. The smallest absolute Gasteiger partial charge is 0.283 e. The molecule has 3 aromatic rings. The Bertz CT molecular complexity index is 1350. The fourth-order valence-corrected chi connectivity index (χ4v) is 4.49. The third-order valence-electron chi connectivity index (χ3n) is 5.56. The van der Waals surface area contributed by atoms with E-state index in [0.29, 0.717) is 32.7 Å². The highest BCUT2D eigenvalue weighted by Crippen LogP contribution is 2.31. The first-order valence-electron chi connectivity index (χ1n) is 11.3.